The monoisotopic (exact) mass is 514 g/mol. The van der Waals surface area contributed by atoms with Crippen molar-refractivity contribution in [3.63, 3.8) is 0 Å². The van der Waals surface area contributed by atoms with Crippen molar-refractivity contribution in [2.45, 2.75) is 52.6 Å². The van der Waals surface area contributed by atoms with E-state index in [-0.39, 0.29) is 24.0 Å². The first-order valence-electron chi connectivity index (χ1n) is 9.83. The normalized spacial score (nSPS) is 13.9. The number of guanidine groups is 1. The van der Waals surface area contributed by atoms with Gasteiger partial charge in [0.05, 0.1) is 30.4 Å². The van der Waals surface area contributed by atoms with Crippen LogP contribution in [0.2, 0.25) is 0 Å². The van der Waals surface area contributed by atoms with Crippen LogP contribution in [0, 0.1) is 5.92 Å². The summed E-state index contributed by atoms with van der Waals surface area (Å²) in [4.78, 5) is 9.41. The van der Waals surface area contributed by atoms with E-state index >= 15 is 0 Å². The number of rotatable bonds is 9. The van der Waals surface area contributed by atoms with Crippen LogP contribution in [0.5, 0.6) is 5.75 Å². The lowest BCUT2D eigenvalue weighted by atomic mass is 10.2. The van der Waals surface area contributed by atoms with E-state index < -0.39 is 0 Å². The van der Waals surface area contributed by atoms with Gasteiger partial charge in [-0.25, -0.2) is 9.98 Å². The maximum atomic E-state index is 5.99. The smallest absolute Gasteiger partial charge is 0.191 e. The molecule has 0 spiro atoms. The van der Waals surface area contributed by atoms with Crippen molar-refractivity contribution < 1.29 is 4.74 Å². The zero-order valence-corrected chi connectivity index (χ0v) is 20.1. The highest BCUT2D eigenvalue weighted by atomic mass is 127. The van der Waals surface area contributed by atoms with Crippen LogP contribution in [0.25, 0.3) is 0 Å². The summed E-state index contributed by atoms with van der Waals surface area (Å²) in [7, 11) is 0. The van der Waals surface area contributed by atoms with Crippen LogP contribution in [-0.2, 0) is 13.1 Å². The van der Waals surface area contributed by atoms with Gasteiger partial charge in [0.1, 0.15) is 5.75 Å². The molecule has 28 heavy (non-hydrogen) atoms. The second-order valence-electron chi connectivity index (χ2n) is 7.24. The lowest BCUT2D eigenvalue weighted by Crippen LogP contribution is -2.36. The van der Waals surface area contributed by atoms with Crippen LogP contribution in [0.15, 0.2) is 34.6 Å². The molecule has 1 aliphatic rings. The number of aliphatic imine (C=N–C) groups is 1. The number of para-hydroxylation sites is 1. The van der Waals surface area contributed by atoms with Gasteiger partial charge >= 0.3 is 0 Å². The summed E-state index contributed by atoms with van der Waals surface area (Å²) >= 11 is 1.72. The molecule has 0 radical (unpaired) electrons. The topological polar surface area (TPSA) is 58.5 Å². The molecule has 7 heteroatoms. The molecule has 2 N–H and O–H groups in total. The van der Waals surface area contributed by atoms with Crippen molar-refractivity contribution in [1.82, 2.24) is 15.6 Å². The average molecular weight is 514 g/mol. The molecule has 0 atom stereocenters. The van der Waals surface area contributed by atoms with Crippen LogP contribution < -0.4 is 15.4 Å². The second-order valence-corrected chi connectivity index (χ2v) is 8.13. The van der Waals surface area contributed by atoms with Crippen LogP contribution >= 0.6 is 35.3 Å². The molecule has 0 bridgehead atoms. The van der Waals surface area contributed by atoms with E-state index in [9.17, 15) is 0 Å². The highest BCUT2D eigenvalue weighted by Gasteiger charge is 2.22. The van der Waals surface area contributed by atoms with Crippen LogP contribution in [0.1, 0.15) is 55.8 Å². The number of aromatic nitrogens is 1. The molecule has 3 rings (SSSR count). The molecule has 0 amide bonds. The predicted molar refractivity (Wildman–Crippen MR) is 128 cm³/mol. The maximum Gasteiger partial charge on any atom is 0.191 e. The van der Waals surface area contributed by atoms with E-state index in [2.05, 4.69) is 47.8 Å². The molecule has 5 nitrogen and oxygen atoms in total. The first-order valence-corrected chi connectivity index (χ1v) is 10.7. The zero-order chi connectivity index (χ0) is 19.1. The highest BCUT2D eigenvalue weighted by Crippen LogP contribution is 2.30. The number of benzene rings is 1. The molecule has 2 aromatic rings. The molecule has 0 aliphatic heterocycles. The molecular formula is C21H31IN4OS. The summed E-state index contributed by atoms with van der Waals surface area (Å²) in [6.07, 6.45) is 2.59. The van der Waals surface area contributed by atoms with Crippen molar-refractivity contribution in [1.29, 1.82) is 0 Å². The van der Waals surface area contributed by atoms with E-state index in [4.69, 9.17) is 9.73 Å². The fourth-order valence-electron chi connectivity index (χ4n) is 2.62. The molecule has 1 aromatic heterocycles. The van der Waals surface area contributed by atoms with Gasteiger partial charge in [-0.3, -0.25) is 0 Å². The van der Waals surface area contributed by atoms with Crippen LogP contribution in [0.3, 0.4) is 0 Å². The summed E-state index contributed by atoms with van der Waals surface area (Å²) < 4.78 is 5.99. The Morgan fingerprint density at radius 1 is 1.29 bits per heavy atom. The van der Waals surface area contributed by atoms with E-state index in [0.29, 0.717) is 19.0 Å². The molecule has 0 saturated heterocycles. The lowest BCUT2D eigenvalue weighted by molar-refractivity contribution is 0.297. The van der Waals surface area contributed by atoms with Gasteiger partial charge in [-0.05, 0) is 31.7 Å². The van der Waals surface area contributed by atoms with Crippen molar-refractivity contribution in [2.75, 3.05) is 13.2 Å². The van der Waals surface area contributed by atoms with Crippen molar-refractivity contribution in [2.24, 2.45) is 10.9 Å². The second kappa shape index (κ2) is 11.6. The minimum atomic E-state index is 0. The summed E-state index contributed by atoms with van der Waals surface area (Å²) in [5.74, 6) is 2.96. The summed E-state index contributed by atoms with van der Waals surface area (Å²) in [5.41, 5.74) is 2.17. The minimum Gasteiger partial charge on any atom is -0.493 e. The van der Waals surface area contributed by atoms with Crippen molar-refractivity contribution >= 4 is 41.3 Å². The van der Waals surface area contributed by atoms with Crippen LogP contribution in [-0.4, -0.2) is 24.1 Å². The van der Waals surface area contributed by atoms with Gasteiger partial charge in [0.15, 0.2) is 5.96 Å². The molecular weight excluding hydrogens is 483 g/mol. The fraction of sp³-hybridized carbons (Fsp3) is 0.524. The molecule has 1 fully saturated rings. The van der Waals surface area contributed by atoms with Gasteiger partial charge in [-0.15, -0.1) is 35.3 Å². The first kappa shape index (κ1) is 22.9. The third-order valence-corrected chi connectivity index (χ3v) is 5.59. The Labute approximate surface area is 189 Å². The number of nitrogens with one attached hydrogen (secondary N) is 2. The highest BCUT2D eigenvalue weighted by molar-refractivity contribution is 14.0. The summed E-state index contributed by atoms with van der Waals surface area (Å²) in [5, 5.41) is 9.98. The molecule has 154 valence electrons. The van der Waals surface area contributed by atoms with Gasteiger partial charge in [0.2, 0.25) is 0 Å². The van der Waals surface area contributed by atoms with E-state index in [0.717, 1.165) is 42.0 Å². The number of hydrogen-bond donors (Lipinski definition) is 2. The Morgan fingerprint density at radius 2 is 2.07 bits per heavy atom. The Bertz CT molecular complexity index is 758. The van der Waals surface area contributed by atoms with Crippen LogP contribution in [0.4, 0.5) is 0 Å². The zero-order valence-electron chi connectivity index (χ0n) is 16.9. The third-order valence-electron chi connectivity index (χ3n) is 4.40. The Balaban J connectivity index is 0.00000280. The lowest BCUT2D eigenvalue weighted by Gasteiger charge is -2.12. The van der Waals surface area contributed by atoms with Gasteiger partial charge in [0, 0.05) is 23.4 Å². The van der Waals surface area contributed by atoms with Crippen molar-refractivity contribution in [3.8, 4) is 5.75 Å². The van der Waals surface area contributed by atoms with E-state index in [1.54, 1.807) is 11.3 Å². The molecule has 1 saturated carbocycles. The Morgan fingerprint density at radius 3 is 2.75 bits per heavy atom. The number of halogens is 1. The molecule has 1 heterocycles. The first-order chi connectivity index (χ1) is 13.2. The summed E-state index contributed by atoms with van der Waals surface area (Å²) in [6.45, 7) is 9.32. The number of thiazole rings is 1. The van der Waals surface area contributed by atoms with E-state index in [1.807, 2.05) is 18.2 Å². The SMILES string of the molecule is CCNC(=NCc1ccccc1OCC1CC1)NCc1csc(C(C)C)n1.I. The van der Waals surface area contributed by atoms with Gasteiger partial charge < -0.3 is 15.4 Å². The minimum absolute atomic E-state index is 0. The average Bonchev–Trinajstić information content (AvgIpc) is 3.37. The maximum absolute atomic E-state index is 5.99. The standard InChI is InChI=1S/C21H30N4OS.HI/c1-4-22-21(24-12-18-14-27-20(25-18)15(2)3)23-11-17-7-5-6-8-19(17)26-13-16-9-10-16;/h5-8,14-16H,4,9-13H2,1-3H3,(H2,22,23,24);1H. The Kier molecular flexibility index (Phi) is 9.50. The Hall–Kier alpha value is -1.35. The molecule has 1 aliphatic carbocycles. The fourth-order valence-corrected chi connectivity index (χ4v) is 3.45. The van der Waals surface area contributed by atoms with Gasteiger partial charge in [-0.2, -0.15) is 0 Å². The number of hydrogen-bond acceptors (Lipinski definition) is 4. The van der Waals surface area contributed by atoms with Gasteiger partial charge in [-0.1, -0.05) is 32.0 Å². The van der Waals surface area contributed by atoms with E-state index in [1.165, 1.54) is 17.8 Å². The number of ether oxygens (including phenoxy) is 1. The predicted octanol–water partition coefficient (Wildman–Crippen LogP) is 4.93. The third kappa shape index (κ3) is 7.24. The molecule has 1 aromatic carbocycles. The quantitative estimate of drug-likeness (QED) is 0.283. The largest absolute Gasteiger partial charge is 0.493 e. The van der Waals surface area contributed by atoms with Crippen molar-refractivity contribution in [3.05, 3.63) is 45.9 Å². The summed E-state index contributed by atoms with van der Waals surface area (Å²) in [6, 6.07) is 8.19. The van der Waals surface area contributed by atoms with Gasteiger partial charge in [0.25, 0.3) is 0 Å². The number of nitrogens with zero attached hydrogens (tertiary/aromatic N) is 2. The molecule has 0 unspecified atom stereocenters.